The van der Waals surface area contributed by atoms with Crippen LogP contribution in [0.1, 0.15) is 33.6 Å². The third-order valence-corrected chi connectivity index (χ3v) is 4.82. The number of carbonyl (C=O) groups excluding carboxylic acids is 3. The van der Waals surface area contributed by atoms with Gasteiger partial charge in [0, 0.05) is 12.5 Å². The number of pyridine rings is 1. The molecule has 2 heterocycles. The first-order valence-corrected chi connectivity index (χ1v) is 8.65. The monoisotopic (exact) mass is 398 g/mol. The molecule has 1 aromatic heterocycles. The van der Waals surface area contributed by atoms with Gasteiger partial charge in [-0.15, -0.1) is 0 Å². The number of cyclic esters (lactones) is 1. The lowest BCUT2D eigenvalue weighted by Crippen LogP contribution is -2.47. The minimum absolute atomic E-state index is 0.00155. The van der Waals surface area contributed by atoms with E-state index in [-0.39, 0.29) is 31.8 Å². The molecule has 1 saturated heterocycles. The van der Waals surface area contributed by atoms with Crippen LogP contribution in [0.15, 0.2) is 29.0 Å². The van der Waals surface area contributed by atoms with E-state index >= 15 is 0 Å². The van der Waals surface area contributed by atoms with E-state index in [2.05, 4.69) is 15.9 Å². The van der Waals surface area contributed by atoms with E-state index < -0.39 is 23.0 Å². The highest BCUT2D eigenvalue weighted by atomic mass is 79.9. The van der Waals surface area contributed by atoms with Gasteiger partial charge in [-0.05, 0) is 42.3 Å². The summed E-state index contributed by atoms with van der Waals surface area (Å²) in [4.78, 5) is 37.4. The molecule has 0 aliphatic carbocycles. The van der Waals surface area contributed by atoms with Crippen LogP contribution in [0, 0.1) is 5.41 Å². The molecule has 0 radical (unpaired) electrons. The number of aromatic nitrogens is 1. The van der Waals surface area contributed by atoms with Crippen LogP contribution in [0.2, 0.25) is 0 Å². The van der Waals surface area contributed by atoms with Crippen LogP contribution in [0.25, 0.3) is 0 Å². The van der Waals surface area contributed by atoms with E-state index in [0.29, 0.717) is 0 Å². The fraction of sp³-hybridized carbons (Fsp3) is 0.529. The lowest BCUT2D eigenvalue weighted by molar-refractivity contribution is -0.685. The third-order valence-electron chi connectivity index (χ3n) is 4.36. The average molecular weight is 399 g/mol. The summed E-state index contributed by atoms with van der Waals surface area (Å²) in [5.41, 5.74) is -2.74. The van der Waals surface area contributed by atoms with Gasteiger partial charge in [0.1, 0.15) is 0 Å². The first-order chi connectivity index (χ1) is 11.3. The van der Waals surface area contributed by atoms with Crippen LogP contribution >= 0.6 is 15.9 Å². The second kappa shape index (κ2) is 7.01. The number of halogens is 1. The minimum Gasteiger partial charge on any atom is -0.465 e. The van der Waals surface area contributed by atoms with Gasteiger partial charge >= 0.3 is 11.9 Å². The number of Topliss-reactive ketones (excluding diaryl/α,β-unsaturated/α-hetero) is 1. The lowest BCUT2D eigenvalue weighted by atomic mass is 9.77. The van der Waals surface area contributed by atoms with E-state index in [0.717, 1.165) is 4.47 Å². The smallest absolute Gasteiger partial charge is 0.324 e. The molecular weight excluding hydrogens is 378 g/mol. The Morgan fingerprint density at radius 1 is 1.42 bits per heavy atom. The molecule has 0 aromatic carbocycles. The van der Waals surface area contributed by atoms with E-state index in [1.807, 2.05) is 6.07 Å². The normalized spacial score (nSPS) is 26.1. The van der Waals surface area contributed by atoms with E-state index in [1.165, 1.54) is 0 Å². The molecule has 130 valence electrons. The van der Waals surface area contributed by atoms with Gasteiger partial charge in [-0.1, -0.05) is 6.92 Å². The van der Waals surface area contributed by atoms with Crippen LogP contribution in [0.3, 0.4) is 0 Å². The molecule has 6 nitrogen and oxygen atoms in total. The zero-order valence-corrected chi connectivity index (χ0v) is 15.6. The summed E-state index contributed by atoms with van der Waals surface area (Å²) in [5.74, 6) is -1.57. The summed E-state index contributed by atoms with van der Waals surface area (Å²) in [7, 11) is 0. The molecule has 2 rings (SSSR count). The first-order valence-electron chi connectivity index (χ1n) is 7.86. The Bertz CT molecular complexity index is 677. The number of ketones is 1. The first kappa shape index (κ1) is 18.6. The van der Waals surface area contributed by atoms with Crippen molar-refractivity contribution in [2.45, 2.75) is 45.8 Å². The van der Waals surface area contributed by atoms with Gasteiger partial charge in [0.25, 0.3) is 0 Å². The van der Waals surface area contributed by atoms with Crippen LogP contribution in [-0.4, -0.2) is 29.9 Å². The summed E-state index contributed by atoms with van der Waals surface area (Å²) < 4.78 is 12.9. The summed E-state index contributed by atoms with van der Waals surface area (Å²) >= 11 is 3.35. The maximum atomic E-state index is 12.7. The maximum absolute atomic E-state index is 12.7. The van der Waals surface area contributed by atoms with Crippen LogP contribution in [0.5, 0.6) is 0 Å². The number of hydrogen-bond acceptors (Lipinski definition) is 5. The Morgan fingerprint density at radius 2 is 2.12 bits per heavy atom. The number of esters is 2. The Kier molecular flexibility index (Phi) is 5.42. The van der Waals surface area contributed by atoms with Crippen molar-refractivity contribution in [1.29, 1.82) is 0 Å². The largest absolute Gasteiger partial charge is 0.465 e. The fourth-order valence-electron chi connectivity index (χ4n) is 2.90. The molecule has 0 bridgehead atoms. The summed E-state index contributed by atoms with van der Waals surface area (Å²) in [5, 5.41) is 0. The minimum atomic E-state index is -1.40. The van der Waals surface area contributed by atoms with Gasteiger partial charge in [0.05, 0.1) is 11.1 Å². The molecule has 7 heteroatoms. The third kappa shape index (κ3) is 3.36. The second-order valence-electron chi connectivity index (χ2n) is 6.07. The van der Waals surface area contributed by atoms with Gasteiger partial charge in [-0.2, -0.15) is 4.57 Å². The second-order valence-corrected chi connectivity index (χ2v) is 6.99. The van der Waals surface area contributed by atoms with Crippen molar-refractivity contribution in [2.75, 3.05) is 6.61 Å². The molecule has 0 amide bonds. The maximum Gasteiger partial charge on any atom is 0.324 e. The zero-order chi connectivity index (χ0) is 18.0. The Balaban J connectivity index is 2.22. The molecule has 0 spiro atoms. The van der Waals surface area contributed by atoms with Crippen LogP contribution in [0.4, 0.5) is 0 Å². The summed E-state index contributed by atoms with van der Waals surface area (Å²) in [6.45, 7) is 5.17. The molecule has 0 N–H and O–H groups in total. The van der Waals surface area contributed by atoms with Gasteiger partial charge in [-0.3, -0.25) is 14.4 Å². The van der Waals surface area contributed by atoms with Gasteiger partial charge in [0.15, 0.2) is 23.4 Å². The predicted molar refractivity (Wildman–Crippen MR) is 87.8 cm³/mol. The Labute approximate surface area is 149 Å². The Morgan fingerprint density at radius 3 is 2.71 bits per heavy atom. The Hall–Kier alpha value is -1.76. The quantitative estimate of drug-likeness (QED) is 0.416. The van der Waals surface area contributed by atoms with E-state index in [4.69, 9.17) is 9.47 Å². The topological polar surface area (TPSA) is 73.6 Å². The molecule has 1 aliphatic rings. The van der Waals surface area contributed by atoms with Crippen LogP contribution < -0.4 is 4.57 Å². The molecule has 0 saturated carbocycles. The standard InChI is InChI=1S/C17H21BrNO5/c1-4-17(14(21)23-5-2)11-16(3,24-15(17)22)13(20)10-19-8-6-7-12(18)9-19/h6-9H,4-5,10-11H2,1-3H3/q+1/t16-,17+/m1/s1. The van der Waals surface area contributed by atoms with Crippen molar-refractivity contribution in [2.24, 2.45) is 5.41 Å². The number of ether oxygens (including phenoxy) is 2. The molecule has 0 unspecified atom stereocenters. The van der Waals surface area contributed by atoms with Crippen molar-refractivity contribution in [1.82, 2.24) is 0 Å². The fourth-order valence-corrected chi connectivity index (χ4v) is 3.32. The predicted octanol–water partition coefficient (Wildman–Crippen LogP) is 1.97. The van der Waals surface area contributed by atoms with Crippen molar-refractivity contribution >= 4 is 33.7 Å². The molecule has 24 heavy (non-hydrogen) atoms. The molecule has 1 aromatic rings. The summed E-state index contributed by atoms with van der Waals surface area (Å²) in [6, 6.07) is 3.65. The SMILES string of the molecule is CCOC(=O)[C@]1(CC)C[C@](C)(C(=O)C[n+]2cccc(Br)c2)OC1=O. The molecule has 1 fully saturated rings. The number of nitrogens with zero attached hydrogens (tertiary/aromatic N) is 1. The van der Waals surface area contributed by atoms with Gasteiger partial charge in [0.2, 0.25) is 12.3 Å². The lowest BCUT2D eigenvalue weighted by Gasteiger charge is -2.22. The van der Waals surface area contributed by atoms with Crippen molar-refractivity contribution in [3.63, 3.8) is 0 Å². The highest BCUT2D eigenvalue weighted by Crippen LogP contribution is 2.44. The van der Waals surface area contributed by atoms with E-state index in [9.17, 15) is 14.4 Å². The number of rotatable bonds is 6. The van der Waals surface area contributed by atoms with Crippen molar-refractivity contribution < 1.29 is 28.4 Å². The number of carbonyl (C=O) groups is 3. The molecule has 1 aliphatic heterocycles. The average Bonchev–Trinajstić information content (AvgIpc) is 2.80. The van der Waals surface area contributed by atoms with Crippen LogP contribution in [-0.2, 0) is 30.4 Å². The highest BCUT2D eigenvalue weighted by molar-refractivity contribution is 9.10. The van der Waals surface area contributed by atoms with Gasteiger partial charge in [-0.25, -0.2) is 0 Å². The van der Waals surface area contributed by atoms with E-state index in [1.54, 1.807) is 43.8 Å². The van der Waals surface area contributed by atoms with Gasteiger partial charge < -0.3 is 9.47 Å². The highest BCUT2D eigenvalue weighted by Gasteiger charge is 2.62. The van der Waals surface area contributed by atoms with Crippen molar-refractivity contribution in [3.8, 4) is 0 Å². The molecular formula is C17H21BrNO5+. The number of hydrogen-bond donors (Lipinski definition) is 0. The molecule has 2 atom stereocenters. The summed E-state index contributed by atoms with van der Waals surface area (Å²) in [6.07, 6.45) is 3.75. The zero-order valence-electron chi connectivity index (χ0n) is 14.0. The van der Waals surface area contributed by atoms with Crippen molar-refractivity contribution in [3.05, 3.63) is 29.0 Å².